The molecule has 0 aliphatic heterocycles. The molecular formula is C12H12ClN5O3. The fraction of sp³-hybridized carbons (Fsp3) is 0.250. The number of nitrogens with one attached hydrogen (secondary N) is 1. The van der Waals surface area contributed by atoms with Crippen molar-refractivity contribution in [2.75, 3.05) is 6.54 Å². The van der Waals surface area contributed by atoms with Crippen LogP contribution in [0, 0.1) is 10.1 Å². The van der Waals surface area contributed by atoms with Gasteiger partial charge in [-0.2, -0.15) is 5.10 Å². The molecule has 8 nitrogen and oxygen atoms in total. The van der Waals surface area contributed by atoms with Crippen molar-refractivity contribution in [3.63, 3.8) is 0 Å². The van der Waals surface area contributed by atoms with E-state index in [4.69, 9.17) is 11.6 Å². The maximum atomic E-state index is 12.0. The molecule has 110 valence electrons. The highest BCUT2D eigenvalue weighted by molar-refractivity contribution is 6.35. The van der Waals surface area contributed by atoms with Crippen LogP contribution in [0.2, 0.25) is 5.02 Å². The van der Waals surface area contributed by atoms with Crippen LogP contribution in [0.25, 0.3) is 0 Å². The molecule has 0 saturated heterocycles. The Labute approximate surface area is 124 Å². The maximum Gasteiger partial charge on any atom is 0.288 e. The largest absolute Gasteiger partial charge is 0.352 e. The molecule has 0 aliphatic rings. The van der Waals surface area contributed by atoms with Crippen LogP contribution in [0.4, 0.5) is 5.69 Å². The first kappa shape index (κ1) is 14.9. The predicted octanol–water partition coefficient (Wildman–Crippen LogP) is 1.35. The number of carbonyl (C=O) groups is 1. The summed E-state index contributed by atoms with van der Waals surface area (Å²) in [6, 6.07) is 4.10. The molecule has 0 atom stereocenters. The van der Waals surface area contributed by atoms with Crippen LogP contribution < -0.4 is 5.32 Å². The number of aryl methyl sites for hydroxylation is 1. The summed E-state index contributed by atoms with van der Waals surface area (Å²) in [5, 5.41) is 17.3. The molecule has 2 aromatic rings. The minimum absolute atomic E-state index is 0.0693. The van der Waals surface area contributed by atoms with Crippen LogP contribution in [0.1, 0.15) is 16.2 Å². The smallest absolute Gasteiger partial charge is 0.288 e. The highest BCUT2D eigenvalue weighted by atomic mass is 35.5. The number of nitro groups is 1. The lowest BCUT2D eigenvalue weighted by atomic mass is 10.2. The van der Waals surface area contributed by atoms with E-state index in [9.17, 15) is 14.9 Å². The van der Waals surface area contributed by atoms with Gasteiger partial charge in [0.2, 0.25) is 0 Å². The average Bonchev–Trinajstić information content (AvgIpc) is 2.84. The normalized spacial score (nSPS) is 10.4. The minimum atomic E-state index is -0.628. The van der Waals surface area contributed by atoms with Crippen molar-refractivity contribution >= 4 is 23.2 Å². The predicted molar refractivity (Wildman–Crippen MR) is 75.1 cm³/mol. The Bertz CT molecular complexity index is 685. The molecule has 0 radical (unpaired) electrons. The van der Waals surface area contributed by atoms with Crippen molar-refractivity contribution in [2.24, 2.45) is 7.05 Å². The van der Waals surface area contributed by atoms with Crippen molar-refractivity contribution in [1.29, 1.82) is 0 Å². The van der Waals surface area contributed by atoms with Gasteiger partial charge in [0.05, 0.1) is 10.5 Å². The number of halogens is 1. The third kappa shape index (κ3) is 3.54. The van der Waals surface area contributed by atoms with E-state index in [1.165, 1.54) is 18.2 Å². The zero-order valence-corrected chi connectivity index (χ0v) is 11.9. The Morgan fingerprint density at radius 3 is 2.90 bits per heavy atom. The second-order valence-corrected chi connectivity index (χ2v) is 4.61. The molecule has 1 aromatic heterocycles. The van der Waals surface area contributed by atoms with Gasteiger partial charge >= 0.3 is 0 Å². The number of hydrogen-bond donors (Lipinski definition) is 1. The lowest BCUT2D eigenvalue weighted by Crippen LogP contribution is -2.26. The van der Waals surface area contributed by atoms with Crippen molar-refractivity contribution in [3.05, 3.63) is 51.1 Å². The van der Waals surface area contributed by atoms with Gasteiger partial charge in [-0.3, -0.25) is 19.6 Å². The number of amides is 1. The van der Waals surface area contributed by atoms with Crippen LogP contribution in [-0.4, -0.2) is 32.1 Å². The second kappa shape index (κ2) is 6.31. The van der Waals surface area contributed by atoms with E-state index >= 15 is 0 Å². The van der Waals surface area contributed by atoms with Gasteiger partial charge in [0.1, 0.15) is 11.3 Å². The Kier molecular flexibility index (Phi) is 4.49. The van der Waals surface area contributed by atoms with Crippen molar-refractivity contribution in [2.45, 2.75) is 6.42 Å². The molecule has 21 heavy (non-hydrogen) atoms. The first-order chi connectivity index (χ1) is 9.99. The van der Waals surface area contributed by atoms with Gasteiger partial charge in [-0.25, -0.2) is 4.98 Å². The summed E-state index contributed by atoms with van der Waals surface area (Å²) in [6.07, 6.45) is 2.02. The SMILES string of the molecule is Cn1cnc(CCNC(=O)c2cccc([N+](=O)[O-])c2Cl)n1. The molecule has 1 N–H and O–H groups in total. The van der Waals surface area contributed by atoms with E-state index in [0.717, 1.165) is 0 Å². The minimum Gasteiger partial charge on any atom is -0.352 e. The lowest BCUT2D eigenvalue weighted by Gasteiger charge is -2.05. The zero-order valence-electron chi connectivity index (χ0n) is 11.1. The third-order valence-corrected chi connectivity index (χ3v) is 3.10. The Balaban J connectivity index is 2.00. The molecule has 0 fully saturated rings. The highest BCUT2D eigenvalue weighted by Crippen LogP contribution is 2.27. The van der Waals surface area contributed by atoms with E-state index in [2.05, 4.69) is 15.4 Å². The number of benzene rings is 1. The van der Waals surface area contributed by atoms with Gasteiger partial charge in [0.15, 0.2) is 5.82 Å². The summed E-state index contributed by atoms with van der Waals surface area (Å²) in [5.74, 6) is 0.127. The third-order valence-electron chi connectivity index (χ3n) is 2.70. The van der Waals surface area contributed by atoms with Crippen LogP contribution in [0.15, 0.2) is 24.5 Å². The van der Waals surface area contributed by atoms with Crippen LogP contribution in [0.5, 0.6) is 0 Å². The topological polar surface area (TPSA) is 103 Å². The van der Waals surface area contributed by atoms with E-state index in [1.54, 1.807) is 18.1 Å². The first-order valence-corrected chi connectivity index (χ1v) is 6.42. The molecule has 0 spiro atoms. The molecular weight excluding hydrogens is 298 g/mol. The Morgan fingerprint density at radius 1 is 1.52 bits per heavy atom. The van der Waals surface area contributed by atoms with Crippen LogP contribution >= 0.6 is 11.6 Å². The van der Waals surface area contributed by atoms with E-state index < -0.39 is 10.8 Å². The van der Waals surface area contributed by atoms with Gasteiger partial charge in [0.25, 0.3) is 11.6 Å². The summed E-state index contributed by atoms with van der Waals surface area (Å²) in [6.45, 7) is 0.307. The maximum absolute atomic E-state index is 12.0. The van der Waals surface area contributed by atoms with Crippen LogP contribution in [0.3, 0.4) is 0 Å². The average molecular weight is 310 g/mol. The molecule has 1 amide bonds. The number of carbonyl (C=O) groups excluding carboxylic acids is 1. The molecule has 0 unspecified atom stereocenters. The molecule has 2 rings (SSSR count). The number of rotatable bonds is 5. The zero-order chi connectivity index (χ0) is 15.4. The van der Waals surface area contributed by atoms with Crippen molar-refractivity contribution in [1.82, 2.24) is 20.1 Å². The van der Waals surface area contributed by atoms with Gasteiger partial charge in [-0.15, -0.1) is 0 Å². The molecule has 0 bridgehead atoms. The van der Waals surface area contributed by atoms with Gasteiger partial charge in [-0.05, 0) is 6.07 Å². The van der Waals surface area contributed by atoms with E-state index in [-0.39, 0.29) is 16.3 Å². The number of nitrogens with zero attached hydrogens (tertiary/aromatic N) is 4. The molecule has 0 aliphatic carbocycles. The van der Waals surface area contributed by atoms with Gasteiger partial charge < -0.3 is 5.32 Å². The summed E-state index contributed by atoms with van der Waals surface area (Å²) in [5.41, 5.74) is -0.226. The lowest BCUT2D eigenvalue weighted by molar-refractivity contribution is -0.384. The highest BCUT2D eigenvalue weighted by Gasteiger charge is 2.19. The summed E-state index contributed by atoms with van der Waals surface area (Å²) in [7, 11) is 1.75. The Hall–Kier alpha value is -2.48. The molecule has 9 heteroatoms. The Morgan fingerprint density at radius 2 is 2.29 bits per heavy atom. The number of nitro benzene ring substituents is 1. The first-order valence-electron chi connectivity index (χ1n) is 6.04. The van der Waals surface area contributed by atoms with Crippen molar-refractivity contribution in [3.8, 4) is 0 Å². The standard InChI is InChI=1S/C12H12ClN5O3/c1-17-7-15-10(16-17)5-6-14-12(19)8-3-2-4-9(11(8)13)18(20)21/h2-4,7H,5-6H2,1H3,(H,14,19). The summed E-state index contributed by atoms with van der Waals surface area (Å²) >= 11 is 5.87. The molecule has 0 saturated carbocycles. The van der Waals surface area contributed by atoms with Gasteiger partial charge in [-0.1, -0.05) is 17.7 Å². The molecule has 1 aromatic carbocycles. The monoisotopic (exact) mass is 309 g/mol. The fourth-order valence-electron chi connectivity index (χ4n) is 1.72. The fourth-order valence-corrected chi connectivity index (χ4v) is 2.00. The van der Waals surface area contributed by atoms with E-state index in [0.29, 0.717) is 18.8 Å². The second-order valence-electron chi connectivity index (χ2n) is 4.24. The summed E-state index contributed by atoms with van der Waals surface area (Å²) in [4.78, 5) is 26.1. The van der Waals surface area contributed by atoms with E-state index in [1.807, 2.05) is 0 Å². The van der Waals surface area contributed by atoms with Crippen LogP contribution in [-0.2, 0) is 13.5 Å². The quantitative estimate of drug-likeness (QED) is 0.663. The summed E-state index contributed by atoms with van der Waals surface area (Å²) < 4.78 is 1.56. The van der Waals surface area contributed by atoms with Gasteiger partial charge in [0, 0.05) is 26.1 Å². The number of aromatic nitrogens is 3. The van der Waals surface area contributed by atoms with Crippen molar-refractivity contribution < 1.29 is 9.72 Å². The number of hydrogen-bond acceptors (Lipinski definition) is 5. The molecule has 1 heterocycles.